The molecule has 1 aromatic carbocycles. The molecule has 2 fully saturated rings. The minimum Gasteiger partial charge on any atom is -0.351 e. The summed E-state index contributed by atoms with van der Waals surface area (Å²) < 4.78 is 0. The van der Waals surface area contributed by atoms with Gasteiger partial charge in [0, 0.05) is 43.9 Å². The molecule has 152 valence electrons. The first-order chi connectivity index (χ1) is 13.5. The zero-order chi connectivity index (χ0) is 19.9. The van der Waals surface area contributed by atoms with Crippen LogP contribution in [0.2, 0.25) is 0 Å². The van der Waals surface area contributed by atoms with Crippen molar-refractivity contribution in [2.45, 2.75) is 44.7 Å². The molecule has 6 nitrogen and oxygen atoms in total. The van der Waals surface area contributed by atoms with Gasteiger partial charge in [0.15, 0.2) is 0 Å². The minimum absolute atomic E-state index is 0.111. The lowest BCUT2D eigenvalue weighted by molar-refractivity contribution is -0.130. The number of likely N-dealkylation sites (tertiary alicyclic amines) is 1. The maximum Gasteiger partial charge on any atom is 0.251 e. The molecule has 1 saturated carbocycles. The van der Waals surface area contributed by atoms with Crippen LogP contribution in [0.4, 0.5) is 0 Å². The molecule has 28 heavy (non-hydrogen) atoms. The summed E-state index contributed by atoms with van der Waals surface area (Å²) in [5.74, 6) is 0.833. The molecule has 0 aromatic heterocycles. The van der Waals surface area contributed by atoms with E-state index < -0.39 is 0 Å². The summed E-state index contributed by atoms with van der Waals surface area (Å²) in [5, 5.41) is 6.54. The van der Waals surface area contributed by atoms with Crippen LogP contribution in [0.15, 0.2) is 30.3 Å². The second-order valence-electron chi connectivity index (χ2n) is 7.55. The van der Waals surface area contributed by atoms with E-state index >= 15 is 0 Å². The van der Waals surface area contributed by atoms with Gasteiger partial charge < -0.3 is 15.5 Å². The summed E-state index contributed by atoms with van der Waals surface area (Å²) in [5.41, 5.74) is 0.629. The summed E-state index contributed by atoms with van der Waals surface area (Å²) in [6, 6.07) is 9.39. The maximum absolute atomic E-state index is 12.8. The van der Waals surface area contributed by atoms with E-state index in [4.69, 9.17) is 0 Å². The predicted octanol–water partition coefficient (Wildman–Crippen LogP) is 2.06. The summed E-state index contributed by atoms with van der Waals surface area (Å²) >= 11 is 1.30. The van der Waals surface area contributed by atoms with Crippen LogP contribution in [0.25, 0.3) is 0 Å². The molecule has 1 aromatic rings. The van der Waals surface area contributed by atoms with Crippen LogP contribution in [-0.4, -0.2) is 59.3 Å². The van der Waals surface area contributed by atoms with E-state index in [0.29, 0.717) is 23.9 Å². The van der Waals surface area contributed by atoms with E-state index in [1.54, 1.807) is 19.1 Å². The Morgan fingerprint density at radius 2 is 1.79 bits per heavy atom. The molecule has 1 saturated heterocycles. The van der Waals surface area contributed by atoms with Crippen molar-refractivity contribution in [3.05, 3.63) is 35.9 Å². The highest BCUT2D eigenvalue weighted by molar-refractivity contribution is 8.13. The van der Waals surface area contributed by atoms with Crippen LogP contribution in [0.1, 0.15) is 43.0 Å². The van der Waals surface area contributed by atoms with Crippen LogP contribution < -0.4 is 10.6 Å². The quantitative estimate of drug-likeness (QED) is 0.650. The Labute approximate surface area is 170 Å². The number of piperidine rings is 1. The Hall–Kier alpha value is -1.86. The first-order valence-corrected chi connectivity index (χ1v) is 11.0. The molecule has 1 heterocycles. The van der Waals surface area contributed by atoms with Gasteiger partial charge in [-0.1, -0.05) is 30.0 Å². The standard InChI is InChI=1S/C21H29N3O3S/c1-15(25)24-12-9-16(10-13-24)19(23-18-7-8-18)21(27)28-14-11-22-20(26)17-5-3-2-4-6-17/h2-6,16,18-19,23H,7-14H2,1H3,(H,22,26). The fraction of sp³-hybridized carbons (Fsp3) is 0.571. The lowest BCUT2D eigenvalue weighted by Gasteiger charge is -2.35. The normalized spacial score (nSPS) is 18.5. The number of carbonyl (C=O) groups excluding carboxylic acids is 3. The molecule has 1 aliphatic heterocycles. The first kappa shape index (κ1) is 20.9. The van der Waals surface area contributed by atoms with Crippen molar-refractivity contribution >= 4 is 28.7 Å². The largest absolute Gasteiger partial charge is 0.351 e. The smallest absolute Gasteiger partial charge is 0.251 e. The SMILES string of the molecule is CC(=O)N1CCC(C(NC2CC2)C(=O)SCCNC(=O)c2ccccc2)CC1. The number of carbonyl (C=O) groups is 3. The van der Waals surface area contributed by atoms with Gasteiger partial charge in [-0.2, -0.15) is 0 Å². The van der Waals surface area contributed by atoms with E-state index in [9.17, 15) is 14.4 Å². The van der Waals surface area contributed by atoms with Gasteiger partial charge in [0.05, 0.1) is 6.04 Å². The van der Waals surface area contributed by atoms with E-state index in [0.717, 1.165) is 38.8 Å². The number of benzene rings is 1. The van der Waals surface area contributed by atoms with Crippen LogP contribution in [0.5, 0.6) is 0 Å². The summed E-state index contributed by atoms with van der Waals surface area (Å²) in [6.45, 7) is 3.52. The van der Waals surface area contributed by atoms with Gasteiger partial charge in [-0.05, 0) is 43.7 Å². The molecular weight excluding hydrogens is 374 g/mol. The maximum atomic E-state index is 12.8. The molecule has 1 aliphatic carbocycles. The number of nitrogens with zero attached hydrogens (tertiary/aromatic N) is 1. The monoisotopic (exact) mass is 403 g/mol. The highest BCUT2D eigenvalue weighted by Gasteiger charge is 2.35. The Balaban J connectivity index is 1.44. The Morgan fingerprint density at radius 1 is 1.11 bits per heavy atom. The molecule has 2 N–H and O–H groups in total. The second kappa shape index (κ2) is 10.1. The molecule has 0 spiro atoms. The summed E-state index contributed by atoms with van der Waals surface area (Å²) in [6.07, 6.45) is 3.99. The first-order valence-electron chi connectivity index (χ1n) is 10.1. The average molecular weight is 404 g/mol. The van der Waals surface area contributed by atoms with Gasteiger partial charge >= 0.3 is 0 Å². The highest BCUT2D eigenvalue weighted by Crippen LogP contribution is 2.28. The number of nitrogens with one attached hydrogen (secondary N) is 2. The van der Waals surface area contributed by atoms with Crippen molar-refractivity contribution in [3.63, 3.8) is 0 Å². The third-order valence-electron chi connectivity index (χ3n) is 5.37. The van der Waals surface area contributed by atoms with Crippen LogP contribution in [-0.2, 0) is 9.59 Å². The van der Waals surface area contributed by atoms with Crippen molar-refractivity contribution < 1.29 is 14.4 Å². The number of amides is 2. The molecular formula is C21H29N3O3S. The molecule has 3 rings (SSSR count). The fourth-order valence-electron chi connectivity index (χ4n) is 3.55. The van der Waals surface area contributed by atoms with Gasteiger partial charge in [-0.15, -0.1) is 0 Å². The van der Waals surface area contributed by atoms with Crippen LogP contribution >= 0.6 is 11.8 Å². The molecule has 2 amide bonds. The van der Waals surface area contributed by atoms with E-state index in [-0.39, 0.29) is 28.9 Å². The predicted molar refractivity (Wildman–Crippen MR) is 111 cm³/mol. The van der Waals surface area contributed by atoms with Crippen molar-refractivity contribution in [2.24, 2.45) is 5.92 Å². The van der Waals surface area contributed by atoms with E-state index in [1.165, 1.54) is 11.8 Å². The van der Waals surface area contributed by atoms with E-state index in [2.05, 4.69) is 10.6 Å². The Bertz CT molecular complexity index is 685. The molecule has 2 aliphatic rings. The average Bonchev–Trinajstić information content (AvgIpc) is 3.54. The fourth-order valence-corrected chi connectivity index (χ4v) is 4.39. The molecule has 0 bridgehead atoms. The third kappa shape index (κ3) is 6.07. The Morgan fingerprint density at radius 3 is 2.39 bits per heavy atom. The zero-order valence-corrected chi connectivity index (χ0v) is 17.2. The number of hydrogen-bond acceptors (Lipinski definition) is 5. The van der Waals surface area contributed by atoms with Gasteiger partial charge in [-0.3, -0.25) is 14.4 Å². The number of rotatable bonds is 8. The lowest BCUT2D eigenvalue weighted by atomic mass is 9.89. The number of hydrogen-bond donors (Lipinski definition) is 2. The third-order valence-corrected chi connectivity index (χ3v) is 6.32. The van der Waals surface area contributed by atoms with Crippen LogP contribution in [0.3, 0.4) is 0 Å². The van der Waals surface area contributed by atoms with E-state index in [1.807, 2.05) is 23.1 Å². The van der Waals surface area contributed by atoms with Gasteiger partial charge in [0.1, 0.15) is 0 Å². The van der Waals surface area contributed by atoms with Crippen LogP contribution in [0, 0.1) is 5.92 Å². The molecule has 0 radical (unpaired) electrons. The summed E-state index contributed by atoms with van der Waals surface area (Å²) in [7, 11) is 0. The Kier molecular flexibility index (Phi) is 7.50. The van der Waals surface area contributed by atoms with Gasteiger partial charge in [0.2, 0.25) is 11.0 Å². The van der Waals surface area contributed by atoms with Crippen molar-refractivity contribution in [2.75, 3.05) is 25.4 Å². The molecule has 1 atom stereocenters. The van der Waals surface area contributed by atoms with Gasteiger partial charge in [-0.25, -0.2) is 0 Å². The lowest BCUT2D eigenvalue weighted by Crippen LogP contribution is -2.48. The van der Waals surface area contributed by atoms with Crippen molar-refractivity contribution in [1.82, 2.24) is 15.5 Å². The molecule has 1 unspecified atom stereocenters. The summed E-state index contributed by atoms with van der Waals surface area (Å²) in [4.78, 5) is 38.3. The topological polar surface area (TPSA) is 78.5 Å². The van der Waals surface area contributed by atoms with Crippen molar-refractivity contribution in [1.29, 1.82) is 0 Å². The number of thioether (sulfide) groups is 1. The molecule has 7 heteroatoms. The second-order valence-corrected chi connectivity index (χ2v) is 8.65. The van der Waals surface area contributed by atoms with Crippen molar-refractivity contribution in [3.8, 4) is 0 Å². The zero-order valence-electron chi connectivity index (χ0n) is 16.4. The van der Waals surface area contributed by atoms with Gasteiger partial charge in [0.25, 0.3) is 5.91 Å². The minimum atomic E-state index is -0.156. The highest BCUT2D eigenvalue weighted by atomic mass is 32.2.